The van der Waals surface area contributed by atoms with E-state index in [0.29, 0.717) is 12.3 Å². The second kappa shape index (κ2) is 7.14. The molecule has 0 atom stereocenters. The van der Waals surface area contributed by atoms with Crippen LogP contribution in [0.2, 0.25) is 0 Å². The van der Waals surface area contributed by atoms with Gasteiger partial charge < -0.3 is 4.90 Å². The van der Waals surface area contributed by atoms with E-state index in [1.165, 1.54) is 10.8 Å². The smallest absolute Gasteiger partial charge is 0.227 e. The fourth-order valence-corrected chi connectivity index (χ4v) is 3.42. The SMILES string of the molecule is CC(C)CN1CCN(C(=O)Cc2cccc3ccccc23)CC1. The Kier molecular flexibility index (Phi) is 4.97. The van der Waals surface area contributed by atoms with Gasteiger partial charge >= 0.3 is 0 Å². The van der Waals surface area contributed by atoms with Crippen LogP contribution >= 0.6 is 0 Å². The molecule has 0 N–H and O–H groups in total. The first-order chi connectivity index (χ1) is 11.1. The van der Waals surface area contributed by atoms with Gasteiger partial charge in [-0.2, -0.15) is 0 Å². The monoisotopic (exact) mass is 310 g/mol. The van der Waals surface area contributed by atoms with Crippen LogP contribution < -0.4 is 0 Å². The van der Waals surface area contributed by atoms with Gasteiger partial charge in [-0.25, -0.2) is 0 Å². The van der Waals surface area contributed by atoms with Gasteiger partial charge in [0.2, 0.25) is 5.91 Å². The molecule has 0 aliphatic carbocycles. The summed E-state index contributed by atoms with van der Waals surface area (Å²) in [6.07, 6.45) is 0.505. The highest BCUT2D eigenvalue weighted by molar-refractivity contribution is 5.90. The number of nitrogens with zero attached hydrogens (tertiary/aromatic N) is 2. The predicted octanol–water partition coefficient (Wildman–Crippen LogP) is 3.18. The number of piperazine rings is 1. The van der Waals surface area contributed by atoms with Crippen molar-refractivity contribution in [1.82, 2.24) is 9.80 Å². The maximum Gasteiger partial charge on any atom is 0.227 e. The number of amides is 1. The summed E-state index contributed by atoms with van der Waals surface area (Å²) in [5.41, 5.74) is 1.14. The van der Waals surface area contributed by atoms with Crippen LogP contribution in [0.4, 0.5) is 0 Å². The van der Waals surface area contributed by atoms with Gasteiger partial charge in [-0.1, -0.05) is 56.3 Å². The molecule has 2 aromatic carbocycles. The van der Waals surface area contributed by atoms with Gasteiger partial charge in [0.05, 0.1) is 6.42 Å². The maximum absolute atomic E-state index is 12.6. The van der Waals surface area contributed by atoms with Crippen molar-refractivity contribution < 1.29 is 4.79 Å². The molecule has 0 radical (unpaired) electrons. The van der Waals surface area contributed by atoms with E-state index in [0.717, 1.165) is 38.3 Å². The molecule has 3 heteroatoms. The lowest BCUT2D eigenvalue weighted by atomic mass is 10.0. The summed E-state index contributed by atoms with van der Waals surface area (Å²) in [5.74, 6) is 0.943. The first-order valence-electron chi connectivity index (χ1n) is 8.60. The van der Waals surface area contributed by atoms with Gasteiger partial charge in [0.15, 0.2) is 0 Å². The largest absolute Gasteiger partial charge is 0.340 e. The minimum Gasteiger partial charge on any atom is -0.340 e. The van der Waals surface area contributed by atoms with E-state index in [-0.39, 0.29) is 5.91 Å². The summed E-state index contributed by atoms with van der Waals surface area (Å²) in [6.45, 7) is 9.34. The molecule has 1 heterocycles. The molecular weight excluding hydrogens is 284 g/mol. The van der Waals surface area contributed by atoms with Crippen LogP contribution in [0.1, 0.15) is 19.4 Å². The van der Waals surface area contributed by atoms with E-state index in [2.05, 4.69) is 43.0 Å². The topological polar surface area (TPSA) is 23.6 Å². The fraction of sp³-hybridized carbons (Fsp3) is 0.450. The normalized spacial score (nSPS) is 16.2. The Bertz CT molecular complexity index is 667. The number of fused-ring (bicyclic) bond motifs is 1. The molecule has 0 aromatic heterocycles. The number of hydrogen-bond acceptors (Lipinski definition) is 2. The number of rotatable bonds is 4. The first-order valence-corrected chi connectivity index (χ1v) is 8.60. The standard InChI is InChI=1S/C20H26N2O/c1-16(2)15-21-10-12-22(13-11-21)20(23)14-18-8-5-7-17-6-3-4-9-19(17)18/h3-9,16H,10-15H2,1-2H3. The van der Waals surface area contributed by atoms with E-state index in [1.54, 1.807) is 0 Å². The van der Waals surface area contributed by atoms with Crippen molar-refractivity contribution in [2.24, 2.45) is 5.92 Å². The molecule has 1 aliphatic heterocycles. The third-order valence-electron chi connectivity index (χ3n) is 4.57. The minimum absolute atomic E-state index is 0.255. The van der Waals surface area contributed by atoms with Crippen molar-refractivity contribution in [2.75, 3.05) is 32.7 Å². The molecule has 0 bridgehead atoms. The van der Waals surface area contributed by atoms with Crippen LogP contribution in [0, 0.1) is 5.92 Å². The van der Waals surface area contributed by atoms with Crippen LogP contribution in [-0.4, -0.2) is 48.4 Å². The molecule has 0 spiro atoms. The maximum atomic E-state index is 12.6. The highest BCUT2D eigenvalue weighted by Crippen LogP contribution is 2.19. The Morgan fingerprint density at radius 3 is 2.43 bits per heavy atom. The van der Waals surface area contributed by atoms with Gasteiger partial charge in [0.1, 0.15) is 0 Å². The Morgan fingerprint density at radius 1 is 1.00 bits per heavy atom. The minimum atomic E-state index is 0.255. The van der Waals surface area contributed by atoms with Crippen molar-refractivity contribution >= 4 is 16.7 Å². The second-order valence-electron chi connectivity index (χ2n) is 6.89. The van der Waals surface area contributed by atoms with E-state index < -0.39 is 0 Å². The van der Waals surface area contributed by atoms with Crippen molar-refractivity contribution in [1.29, 1.82) is 0 Å². The fourth-order valence-electron chi connectivity index (χ4n) is 3.42. The average Bonchev–Trinajstić information content (AvgIpc) is 2.55. The molecular formula is C20H26N2O. The third-order valence-corrected chi connectivity index (χ3v) is 4.57. The van der Waals surface area contributed by atoms with Crippen LogP contribution in [-0.2, 0) is 11.2 Å². The van der Waals surface area contributed by atoms with Gasteiger partial charge in [-0.15, -0.1) is 0 Å². The van der Waals surface area contributed by atoms with E-state index in [9.17, 15) is 4.79 Å². The molecule has 0 unspecified atom stereocenters. The highest BCUT2D eigenvalue weighted by Gasteiger charge is 2.21. The lowest BCUT2D eigenvalue weighted by molar-refractivity contribution is -0.132. The van der Waals surface area contributed by atoms with E-state index in [1.807, 2.05) is 23.1 Å². The molecule has 1 fully saturated rings. The molecule has 0 saturated carbocycles. The molecule has 3 nitrogen and oxygen atoms in total. The summed E-state index contributed by atoms with van der Waals surface area (Å²) >= 11 is 0. The van der Waals surface area contributed by atoms with E-state index >= 15 is 0 Å². The Balaban J connectivity index is 1.63. The molecule has 3 rings (SSSR count). The van der Waals surface area contributed by atoms with Crippen LogP contribution in [0.3, 0.4) is 0 Å². The van der Waals surface area contributed by atoms with Gasteiger partial charge in [-0.05, 0) is 22.3 Å². The summed E-state index contributed by atoms with van der Waals surface area (Å²) in [6, 6.07) is 14.5. The zero-order chi connectivity index (χ0) is 16.2. The second-order valence-corrected chi connectivity index (χ2v) is 6.89. The molecule has 1 aliphatic rings. The quantitative estimate of drug-likeness (QED) is 0.866. The summed E-state index contributed by atoms with van der Waals surface area (Å²) in [7, 11) is 0. The first kappa shape index (κ1) is 16.0. The summed E-state index contributed by atoms with van der Waals surface area (Å²) in [4.78, 5) is 17.1. The van der Waals surface area contributed by atoms with Crippen molar-refractivity contribution in [3.8, 4) is 0 Å². The van der Waals surface area contributed by atoms with Crippen molar-refractivity contribution in [2.45, 2.75) is 20.3 Å². The lowest BCUT2D eigenvalue weighted by Gasteiger charge is -2.35. The third kappa shape index (κ3) is 3.91. The highest BCUT2D eigenvalue weighted by atomic mass is 16.2. The number of hydrogen-bond donors (Lipinski definition) is 0. The van der Waals surface area contributed by atoms with Crippen LogP contribution in [0.5, 0.6) is 0 Å². The van der Waals surface area contributed by atoms with Gasteiger partial charge in [-0.3, -0.25) is 9.69 Å². The molecule has 1 amide bonds. The summed E-state index contributed by atoms with van der Waals surface area (Å²) in [5, 5.41) is 2.40. The molecule has 23 heavy (non-hydrogen) atoms. The Labute approximate surface area is 138 Å². The molecule has 1 saturated heterocycles. The molecule has 122 valence electrons. The van der Waals surface area contributed by atoms with Crippen molar-refractivity contribution in [3.05, 3.63) is 48.0 Å². The Morgan fingerprint density at radius 2 is 1.70 bits per heavy atom. The Hall–Kier alpha value is -1.87. The number of benzene rings is 2. The van der Waals surface area contributed by atoms with Gasteiger partial charge in [0.25, 0.3) is 0 Å². The van der Waals surface area contributed by atoms with Crippen molar-refractivity contribution in [3.63, 3.8) is 0 Å². The lowest BCUT2D eigenvalue weighted by Crippen LogP contribution is -2.49. The predicted molar refractivity (Wildman–Crippen MR) is 95.5 cm³/mol. The summed E-state index contributed by atoms with van der Waals surface area (Å²) < 4.78 is 0. The number of carbonyl (C=O) groups is 1. The average molecular weight is 310 g/mol. The van der Waals surface area contributed by atoms with Crippen LogP contribution in [0.25, 0.3) is 10.8 Å². The zero-order valence-corrected chi connectivity index (χ0v) is 14.2. The van der Waals surface area contributed by atoms with E-state index in [4.69, 9.17) is 0 Å². The molecule has 2 aromatic rings. The number of carbonyl (C=O) groups excluding carboxylic acids is 1. The van der Waals surface area contributed by atoms with Crippen LogP contribution in [0.15, 0.2) is 42.5 Å². The zero-order valence-electron chi connectivity index (χ0n) is 14.2. The van der Waals surface area contributed by atoms with Gasteiger partial charge in [0, 0.05) is 32.7 Å².